The highest BCUT2D eigenvalue weighted by molar-refractivity contribution is 7.97. The van der Waals surface area contributed by atoms with Gasteiger partial charge in [0.25, 0.3) is 0 Å². The van der Waals surface area contributed by atoms with Gasteiger partial charge in [-0.2, -0.15) is 0 Å². The van der Waals surface area contributed by atoms with Gasteiger partial charge in [0, 0.05) is 0 Å². The van der Waals surface area contributed by atoms with Crippen LogP contribution < -0.4 is 0 Å². The van der Waals surface area contributed by atoms with Gasteiger partial charge in [-0.05, 0) is 23.1 Å². The van der Waals surface area contributed by atoms with Gasteiger partial charge in [0.2, 0.25) is 5.12 Å². The molecule has 0 bridgehead atoms. The monoisotopic (exact) mass is 210 g/mol. The lowest BCUT2D eigenvalue weighted by Crippen LogP contribution is -2.11. The highest BCUT2D eigenvalue weighted by Crippen LogP contribution is 2.27. The Morgan fingerprint density at radius 1 is 1.36 bits per heavy atom. The summed E-state index contributed by atoms with van der Waals surface area (Å²) in [6.45, 7) is 6.14. The molecule has 0 amide bonds. The molecule has 0 atom stereocenters. The van der Waals surface area contributed by atoms with Gasteiger partial charge in [0.1, 0.15) is 5.75 Å². The second-order valence-corrected chi connectivity index (χ2v) is 4.69. The molecule has 0 aliphatic rings. The van der Waals surface area contributed by atoms with Crippen molar-refractivity contribution in [3.8, 4) is 5.75 Å². The smallest absolute Gasteiger partial charge is 0.220 e. The topological polar surface area (TPSA) is 37.3 Å². The molecule has 0 saturated heterocycles. The van der Waals surface area contributed by atoms with Crippen LogP contribution in [-0.4, -0.2) is 10.2 Å². The average Bonchev–Trinajstić information content (AvgIpc) is 2.02. The largest absolute Gasteiger partial charge is 0.507 e. The van der Waals surface area contributed by atoms with Crippen LogP contribution in [0.15, 0.2) is 18.2 Å². The Balaban J connectivity index is 3.27. The summed E-state index contributed by atoms with van der Waals surface area (Å²) in [5, 5.41) is 8.99. The Kier molecular flexibility index (Phi) is 2.90. The van der Waals surface area contributed by atoms with E-state index < -0.39 is 5.12 Å². The standard InChI is InChI=1S/C11H14O2S/c1-11(2,3)7-4-5-9(12)8(6-7)10(13)14/h4-6,12H,1-3H3,(H,13,14). The van der Waals surface area contributed by atoms with Crippen molar-refractivity contribution in [1.29, 1.82) is 0 Å². The van der Waals surface area contributed by atoms with Crippen LogP contribution in [-0.2, 0) is 5.41 Å². The van der Waals surface area contributed by atoms with Gasteiger partial charge in [0.05, 0.1) is 5.56 Å². The number of carbonyl (C=O) groups excluding carboxylic acids is 1. The first kappa shape index (κ1) is 11.1. The molecule has 1 N–H and O–H groups in total. The normalized spacial score (nSPS) is 11.4. The highest BCUT2D eigenvalue weighted by atomic mass is 32.1. The number of benzene rings is 1. The molecule has 0 aliphatic carbocycles. The SMILES string of the molecule is CC(C)(C)c1ccc(O)c(C(=O)S)c1. The number of carbonyl (C=O) groups is 1. The lowest BCUT2D eigenvalue weighted by molar-refractivity contribution is 0.108. The van der Waals surface area contributed by atoms with Crippen LogP contribution in [0, 0.1) is 0 Å². The van der Waals surface area contributed by atoms with E-state index in [-0.39, 0.29) is 16.7 Å². The summed E-state index contributed by atoms with van der Waals surface area (Å²) in [7, 11) is 0. The first-order valence-electron chi connectivity index (χ1n) is 4.39. The molecule has 0 radical (unpaired) electrons. The summed E-state index contributed by atoms with van der Waals surface area (Å²) < 4.78 is 0. The van der Waals surface area contributed by atoms with Crippen molar-refractivity contribution in [3.05, 3.63) is 29.3 Å². The van der Waals surface area contributed by atoms with E-state index in [9.17, 15) is 9.90 Å². The highest BCUT2D eigenvalue weighted by Gasteiger charge is 2.16. The number of rotatable bonds is 1. The maximum absolute atomic E-state index is 11.0. The van der Waals surface area contributed by atoms with Crippen molar-refractivity contribution in [2.24, 2.45) is 0 Å². The Bertz CT molecular complexity index is 364. The van der Waals surface area contributed by atoms with Crippen molar-refractivity contribution in [2.75, 3.05) is 0 Å². The Morgan fingerprint density at radius 2 is 1.93 bits per heavy atom. The van der Waals surface area contributed by atoms with Crippen LogP contribution in [0.1, 0.15) is 36.7 Å². The molecule has 0 heterocycles. The summed E-state index contributed by atoms with van der Waals surface area (Å²) in [6, 6.07) is 5.03. The van der Waals surface area contributed by atoms with Crippen molar-refractivity contribution in [3.63, 3.8) is 0 Å². The van der Waals surface area contributed by atoms with E-state index >= 15 is 0 Å². The second kappa shape index (κ2) is 3.65. The molecular weight excluding hydrogens is 196 g/mol. The number of hydrogen-bond acceptors (Lipinski definition) is 2. The fraction of sp³-hybridized carbons (Fsp3) is 0.364. The predicted molar refractivity (Wildman–Crippen MR) is 60.1 cm³/mol. The molecule has 0 aromatic heterocycles. The van der Waals surface area contributed by atoms with E-state index in [0.29, 0.717) is 0 Å². The lowest BCUT2D eigenvalue weighted by Gasteiger charge is -2.19. The van der Waals surface area contributed by atoms with E-state index in [0.717, 1.165) is 5.56 Å². The first-order chi connectivity index (χ1) is 6.32. The number of thiol groups is 1. The van der Waals surface area contributed by atoms with E-state index in [1.807, 2.05) is 26.8 Å². The summed E-state index contributed by atoms with van der Waals surface area (Å²) in [5.74, 6) is -0.0157. The average molecular weight is 210 g/mol. The molecule has 1 rings (SSSR count). The van der Waals surface area contributed by atoms with Crippen LogP contribution in [0.25, 0.3) is 0 Å². The molecule has 76 valence electrons. The Hall–Kier alpha value is -0.960. The minimum atomic E-state index is -0.409. The molecule has 2 nitrogen and oxygen atoms in total. The third kappa shape index (κ3) is 2.29. The van der Waals surface area contributed by atoms with Gasteiger partial charge in [-0.1, -0.05) is 26.8 Å². The molecule has 1 aromatic rings. The molecule has 0 saturated carbocycles. The summed E-state index contributed by atoms with van der Waals surface area (Å²) in [5.41, 5.74) is 1.24. The van der Waals surface area contributed by atoms with Crippen LogP contribution >= 0.6 is 12.6 Å². The van der Waals surface area contributed by atoms with E-state index in [4.69, 9.17) is 0 Å². The minimum Gasteiger partial charge on any atom is -0.507 e. The van der Waals surface area contributed by atoms with Gasteiger partial charge < -0.3 is 5.11 Å². The molecule has 0 unspecified atom stereocenters. The minimum absolute atomic E-state index is 0.0157. The summed E-state index contributed by atoms with van der Waals surface area (Å²) >= 11 is 3.70. The number of phenolic OH excluding ortho intramolecular Hbond substituents is 1. The van der Waals surface area contributed by atoms with Crippen LogP contribution in [0.3, 0.4) is 0 Å². The number of hydrogen-bond donors (Lipinski definition) is 2. The fourth-order valence-electron chi connectivity index (χ4n) is 1.17. The van der Waals surface area contributed by atoms with Crippen LogP contribution in [0.5, 0.6) is 5.75 Å². The van der Waals surface area contributed by atoms with Gasteiger partial charge >= 0.3 is 0 Å². The molecule has 3 heteroatoms. The molecular formula is C11H14O2S. The molecule has 0 fully saturated rings. The number of phenols is 1. The Labute approximate surface area is 89.4 Å². The summed E-state index contributed by atoms with van der Waals surface area (Å²) in [6.07, 6.45) is 0. The van der Waals surface area contributed by atoms with Gasteiger partial charge in [-0.15, -0.1) is 12.6 Å². The third-order valence-corrected chi connectivity index (χ3v) is 2.33. The predicted octanol–water partition coefficient (Wildman–Crippen LogP) is 2.76. The third-order valence-electron chi connectivity index (χ3n) is 2.09. The molecule has 1 aromatic carbocycles. The van der Waals surface area contributed by atoms with Crippen LogP contribution in [0.4, 0.5) is 0 Å². The first-order valence-corrected chi connectivity index (χ1v) is 4.84. The number of aromatic hydroxyl groups is 1. The van der Waals surface area contributed by atoms with E-state index in [1.54, 1.807) is 6.07 Å². The Morgan fingerprint density at radius 3 is 2.36 bits per heavy atom. The molecule has 14 heavy (non-hydrogen) atoms. The quantitative estimate of drug-likeness (QED) is 0.699. The van der Waals surface area contributed by atoms with E-state index in [1.165, 1.54) is 6.07 Å². The van der Waals surface area contributed by atoms with Gasteiger partial charge in [-0.25, -0.2) is 0 Å². The fourth-order valence-corrected chi connectivity index (χ4v) is 1.35. The summed E-state index contributed by atoms with van der Waals surface area (Å²) in [4.78, 5) is 11.0. The second-order valence-electron chi connectivity index (χ2n) is 4.29. The molecule has 0 spiro atoms. The zero-order chi connectivity index (χ0) is 10.9. The van der Waals surface area contributed by atoms with Crippen molar-refractivity contribution in [1.82, 2.24) is 0 Å². The zero-order valence-corrected chi connectivity index (χ0v) is 9.43. The van der Waals surface area contributed by atoms with Crippen molar-refractivity contribution >= 4 is 17.7 Å². The maximum atomic E-state index is 11.0. The molecule has 0 aliphatic heterocycles. The van der Waals surface area contributed by atoms with Crippen molar-refractivity contribution in [2.45, 2.75) is 26.2 Å². The maximum Gasteiger partial charge on any atom is 0.220 e. The van der Waals surface area contributed by atoms with Crippen LogP contribution in [0.2, 0.25) is 0 Å². The zero-order valence-electron chi connectivity index (χ0n) is 8.53. The van der Waals surface area contributed by atoms with Crippen molar-refractivity contribution < 1.29 is 9.90 Å². The van der Waals surface area contributed by atoms with E-state index in [2.05, 4.69) is 12.6 Å². The lowest BCUT2D eigenvalue weighted by atomic mass is 9.86. The van der Waals surface area contributed by atoms with Gasteiger partial charge in [0.15, 0.2) is 0 Å². The van der Waals surface area contributed by atoms with Gasteiger partial charge in [-0.3, -0.25) is 4.79 Å².